The molecule has 0 aliphatic carbocycles. The van der Waals surface area contributed by atoms with Gasteiger partial charge in [0.05, 0.1) is 6.61 Å². The number of halogens is 2. The number of carbonyl (C=O) groups excluding carboxylic acids is 1. The molecule has 2 aromatic carbocycles. The number of hydrogen-bond donors (Lipinski definition) is 1. The summed E-state index contributed by atoms with van der Waals surface area (Å²) in [6.45, 7) is 5.54. The van der Waals surface area contributed by atoms with Crippen LogP contribution in [0, 0.1) is 0 Å². The number of amides is 1. The maximum absolute atomic E-state index is 12.5. The van der Waals surface area contributed by atoms with Crippen LogP contribution >= 0.6 is 0 Å². The molecule has 0 unspecified atom stereocenters. The van der Waals surface area contributed by atoms with Crippen molar-refractivity contribution in [1.29, 1.82) is 0 Å². The smallest absolute Gasteiger partial charge is 0.387 e. The van der Waals surface area contributed by atoms with Crippen molar-refractivity contribution in [3.63, 3.8) is 0 Å². The van der Waals surface area contributed by atoms with Gasteiger partial charge in [-0.15, -0.1) is 0 Å². The third kappa shape index (κ3) is 6.68. The molecule has 0 saturated heterocycles. The molecule has 0 spiro atoms. The minimum Gasteiger partial charge on any atom is -0.490 e. The number of anilines is 1. The lowest BCUT2D eigenvalue weighted by Crippen LogP contribution is -2.14. The van der Waals surface area contributed by atoms with E-state index >= 15 is 0 Å². The topological polar surface area (TPSA) is 74.6 Å². The van der Waals surface area contributed by atoms with Crippen LogP contribution in [0.25, 0.3) is 0 Å². The van der Waals surface area contributed by atoms with Gasteiger partial charge in [-0.05, 0) is 48.2 Å². The fraction of sp³-hybridized carbons (Fsp3) is 0.333. The average Bonchev–Trinajstić information content (AvgIpc) is 3.23. The van der Waals surface area contributed by atoms with Crippen molar-refractivity contribution in [1.82, 2.24) is 9.78 Å². The van der Waals surface area contributed by atoms with Gasteiger partial charge in [0.15, 0.2) is 23.9 Å². The number of nitrogens with one attached hydrogen (secondary N) is 1. The van der Waals surface area contributed by atoms with E-state index in [1.165, 1.54) is 28.4 Å². The van der Waals surface area contributed by atoms with Crippen LogP contribution in [0.1, 0.15) is 43.7 Å². The Morgan fingerprint density at radius 1 is 1.06 bits per heavy atom. The normalized spacial score (nSPS) is 11.4. The van der Waals surface area contributed by atoms with E-state index in [4.69, 9.17) is 9.47 Å². The first kappa shape index (κ1) is 24.0. The van der Waals surface area contributed by atoms with Crippen LogP contribution in [-0.4, -0.2) is 28.9 Å². The quantitative estimate of drug-likeness (QED) is 0.459. The van der Waals surface area contributed by atoms with Crippen LogP contribution in [0.5, 0.6) is 17.2 Å². The first-order valence-electron chi connectivity index (χ1n) is 10.5. The highest BCUT2D eigenvalue weighted by Crippen LogP contribution is 2.32. The molecule has 1 heterocycles. The molecular weight excluding hydrogens is 432 g/mol. The monoisotopic (exact) mass is 459 g/mol. The summed E-state index contributed by atoms with van der Waals surface area (Å²) in [5.41, 5.74) is 1.79. The fourth-order valence-electron chi connectivity index (χ4n) is 2.99. The van der Waals surface area contributed by atoms with Gasteiger partial charge in [-0.2, -0.15) is 13.9 Å². The lowest BCUT2D eigenvalue weighted by Gasteiger charge is -2.19. The summed E-state index contributed by atoms with van der Waals surface area (Å²) in [7, 11) is 0. The van der Waals surface area contributed by atoms with Crippen LogP contribution in [0.4, 0.5) is 14.5 Å². The van der Waals surface area contributed by atoms with Gasteiger partial charge in [-0.25, -0.2) is 4.68 Å². The van der Waals surface area contributed by atoms with Gasteiger partial charge in [0.1, 0.15) is 5.75 Å². The summed E-state index contributed by atoms with van der Waals surface area (Å²) in [5, 5.41) is 6.88. The summed E-state index contributed by atoms with van der Waals surface area (Å²) in [4.78, 5) is 12.5. The highest BCUT2D eigenvalue weighted by molar-refractivity contribution is 6.02. The molecule has 0 aliphatic rings. The molecule has 1 N–H and O–H groups in total. The van der Waals surface area contributed by atoms with Gasteiger partial charge in [-0.1, -0.05) is 32.9 Å². The van der Waals surface area contributed by atoms with Crippen molar-refractivity contribution in [3.05, 3.63) is 66.0 Å². The standard InChI is InChI=1S/C24H27F2N3O4/c1-5-31-21-14-17(8-11-20(21)33-23(25)26)27-22(30)19-12-13-29(28-19)15-32-18-9-6-16(7-10-18)24(2,3)4/h6-14,23H,5,15H2,1-4H3,(H,27,30). The first-order valence-corrected chi connectivity index (χ1v) is 10.5. The van der Waals surface area contributed by atoms with E-state index in [9.17, 15) is 13.6 Å². The van der Waals surface area contributed by atoms with Gasteiger partial charge in [0.2, 0.25) is 0 Å². The molecule has 1 aromatic heterocycles. The van der Waals surface area contributed by atoms with E-state index in [1.807, 2.05) is 24.3 Å². The number of alkyl halides is 2. The van der Waals surface area contributed by atoms with Crippen LogP contribution in [0.2, 0.25) is 0 Å². The second-order valence-corrected chi connectivity index (χ2v) is 8.22. The Hall–Kier alpha value is -3.62. The summed E-state index contributed by atoms with van der Waals surface area (Å²) < 4.78 is 42.1. The average molecular weight is 459 g/mol. The Morgan fingerprint density at radius 3 is 2.42 bits per heavy atom. The molecule has 0 saturated carbocycles. The molecule has 0 atom stereocenters. The minimum atomic E-state index is -2.98. The van der Waals surface area contributed by atoms with E-state index in [1.54, 1.807) is 19.2 Å². The second-order valence-electron chi connectivity index (χ2n) is 8.22. The second kappa shape index (κ2) is 10.3. The van der Waals surface area contributed by atoms with Gasteiger partial charge < -0.3 is 19.5 Å². The predicted octanol–water partition coefficient (Wildman–Crippen LogP) is 5.47. The fourth-order valence-corrected chi connectivity index (χ4v) is 2.99. The van der Waals surface area contributed by atoms with Crippen molar-refractivity contribution >= 4 is 11.6 Å². The van der Waals surface area contributed by atoms with E-state index < -0.39 is 12.5 Å². The van der Waals surface area contributed by atoms with Crippen molar-refractivity contribution in [2.75, 3.05) is 11.9 Å². The molecular formula is C24H27F2N3O4. The zero-order valence-electron chi connectivity index (χ0n) is 19.0. The highest BCUT2D eigenvalue weighted by Gasteiger charge is 2.15. The third-order valence-electron chi connectivity index (χ3n) is 4.67. The molecule has 1 amide bonds. The van der Waals surface area contributed by atoms with Gasteiger partial charge in [0, 0.05) is 18.0 Å². The number of ether oxygens (including phenoxy) is 3. The maximum atomic E-state index is 12.5. The zero-order chi connectivity index (χ0) is 24.0. The summed E-state index contributed by atoms with van der Waals surface area (Å²) in [6, 6.07) is 13.6. The van der Waals surface area contributed by atoms with Crippen LogP contribution in [0.15, 0.2) is 54.7 Å². The van der Waals surface area contributed by atoms with E-state index in [0.29, 0.717) is 11.4 Å². The lowest BCUT2D eigenvalue weighted by molar-refractivity contribution is -0.0514. The molecule has 176 valence electrons. The molecule has 0 bridgehead atoms. The van der Waals surface area contributed by atoms with Gasteiger partial charge >= 0.3 is 6.61 Å². The highest BCUT2D eigenvalue weighted by atomic mass is 19.3. The van der Waals surface area contributed by atoms with E-state index in [0.717, 1.165) is 0 Å². The Kier molecular flexibility index (Phi) is 7.52. The SMILES string of the molecule is CCOc1cc(NC(=O)c2ccn(COc3ccc(C(C)(C)C)cc3)n2)ccc1OC(F)F. The third-order valence-corrected chi connectivity index (χ3v) is 4.67. The number of nitrogens with zero attached hydrogens (tertiary/aromatic N) is 2. The van der Waals surface area contributed by atoms with Crippen LogP contribution in [-0.2, 0) is 12.1 Å². The number of carbonyl (C=O) groups is 1. The molecule has 3 rings (SSSR count). The molecule has 33 heavy (non-hydrogen) atoms. The largest absolute Gasteiger partial charge is 0.490 e. The minimum absolute atomic E-state index is 0.0580. The number of hydrogen-bond acceptors (Lipinski definition) is 5. The molecule has 0 fully saturated rings. The zero-order valence-corrected chi connectivity index (χ0v) is 19.0. The van der Waals surface area contributed by atoms with Crippen molar-refractivity contribution in [2.45, 2.75) is 46.5 Å². The van der Waals surface area contributed by atoms with Crippen molar-refractivity contribution in [3.8, 4) is 17.2 Å². The number of rotatable bonds is 9. The Morgan fingerprint density at radius 2 is 1.79 bits per heavy atom. The molecule has 0 radical (unpaired) electrons. The first-order chi connectivity index (χ1) is 15.7. The summed E-state index contributed by atoms with van der Waals surface area (Å²) >= 11 is 0. The summed E-state index contributed by atoms with van der Waals surface area (Å²) in [5.74, 6) is 0.223. The van der Waals surface area contributed by atoms with Crippen molar-refractivity contribution in [2.24, 2.45) is 0 Å². The Labute approximate surface area is 191 Å². The lowest BCUT2D eigenvalue weighted by atomic mass is 9.87. The predicted molar refractivity (Wildman–Crippen MR) is 120 cm³/mol. The van der Waals surface area contributed by atoms with E-state index in [2.05, 4.69) is 35.9 Å². The molecule has 0 aliphatic heterocycles. The van der Waals surface area contributed by atoms with Crippen LogP contribution in [0.3, 0.4) is 0 Å². The molecule has 3 aromatic rings. The molecule has 9 heteroatoms. The molecule has 7 nitrogen and oxygen atoms in total. The van der Waals surface area contributed by atoms with Crippen molar-refractivity contribution < 1.29 is 27.8 Å². The van der Waals surface area contributed by atoms with Gasteiger partial charge in [-0.3, -0.25) is 4.79 Å². The maximum Gasteiger partial charge on any atom is 0.387 e. The van der Waals surface area contributed by atoms with E-state index in [-0.39, 0.29) is 35.9 Å². The Balaban J connectivity index is 1.61. The van der Waals surface area contributed by atoms with Crippen LogP contribution < -0.4 is 19.5 Å². The Bertz CT molecular complexity index is 1080. The van der Waals surface area contributed by atoms with Gasteiger partial charge in [0.25, 0.3) is 5.91 Å². The summed E-state index contributed by atoms with van der Waals surface area (Å²) in [6.07, 6.45) is 1.63. The number of benzene rings is 2. The number of aromatic nitrogens is 2.